The summed E-state index contributed by atoms with van der Waals surface area (Å²) in [6, 6.07) is 28.2. The van der Waals surface area contributed by atoms with E-state index in [1.807, 2.05) is 78.9 Å². The molecule has 2 heterocycles. The third-order valence-corrected chi connectivity index (χ3v) is 5.49. The number of halogens is 1. The SMILES string of the molecule is N=c1oc2ccc(Br)cc2cc1C(=O)Nc1cc(-c2ccccc2)nn1-c1ccccc1. The van der Waals surface area contributed by atoms with Gasteiger partial charge in [-0.15, -0.1) is 0 Å². The van der Waals surface area contributed by atoms with Crippen LogP contribution in [0.15, 0.2) is 99.9 Å². The first kappa shape index (κ1) is 20.0. The molecule has 0 fully saturated rings. The molecule has 0 saturated heterocycles. The number of carbonyl (C=O) groups is 1. The summed E-state index contributed by atoms with van der Waals surface area (Å²) in [5.41, 5.74) is 2.94. The second kappa shape index (κ2) is 8.28. The van der Waals surface area contributed by atoms with E-state index in [4.69, 9.17) is 14.9 Å². The summed E-state index contributed by atoms with van der Waals surface area (Å²) in [6.07, 6.45) is 0. The molecule has 1 amide bonds. The van der Waals surface area contributed by atoms with Gasteiger partial charge in [-0.3, -0.25) is 10.2 Å². The maximum atomic E-state index is 13.1. The monoisotopic (exact) mass is 484 g/mol. The van der Waals surface area contributed by atoms with Crippen LogP contribution in [0, 0.1) is 5.41 Å². The fourth-order valence-corrected chi connectivity index (χ4v) is 3.83. The highest BCUT2D eigenvalue weighted by Crippen LogP contribution is 2.25. The van der Waals surface area contributed by atoms with Crippen LogP contribution in [0.25, 0.3) is 27.9 Å². The van der Waals surface area contributed by atoms with E-state index in [-0.39, 0.29) is 11.1 Å². The average molecular weight is 485 g/mol. The van der Waals surface area contributed by atoms with E-state index in [1.54, 1.807) is 16.8 Å². The molecule has 0 spiro atoms. The van der Waals surface area contributed by atoms with Crippen molar-refractivity contribution >= 4 is 38.6 Å². The van der Waals surface area contributed by atoms with E-state index in [0.29, 0.717) is 11.4 Å². The summed E-state index contributed by atoms with van der Waals surface area (Å²) in [6.45, 7) is 0. The second-order valence-corrected chi connectivity index (χ2v) is 8.07. The van der Waals surface area contributed by atoms with Gasteiger partial charge in [-0.25, -0.2) is 4.68 Å². The van der Waals surface area contributed by atoms with Crippen molar-refractivity contribution in [2.75, 3.05) is 5.32 Å². The zero-order chi connectivity index (χ0) is 22.1. The van der Waals surface area contributed by atoms with Crippen LogP contribution >= 0.6 is 15.9 Å². The topological polar surface area (TPSA) is 83.9 Å². The summed E-state index contributed by atoms with van der Waals surface area (Å²) in [5.74, 6) is 0.0473. The number of para-hydroxylation sites is 1. The molecule has 0 aliphatic heterocycles. The molecular weight excluding hydrogens is 468 g/mol. The normalized spacial score (nSPS) is 10.9. The number of fused-ring (bicyclic) bond motifs is 1. The molecule has 0 aliphatic carbocycles. The number of benzene rings is 3. The zero-order valence-corrected chi connectivity index (χ0v) is 18.3. The number of carbonyl (C=O) groups excluding carboxylic acids is 1. The number of nitrogens with one attached hydrogen (secondary N) is 2. The summed E-state index contributed by atoms with van der Waals surface area (Å²) >= 11 is 3.43. The molecular formula is C25H17BrN4O2. The zero-order valence-electron chi connectivity index (χ0n) is 16.7. The molecule has 0 aliphatic rings. The largest absolute Gasteiger partial charge is 0.438 e. The fourth-order valence-electron chi connectivity index (χ4n) is 3.45. The van der Waals surface area contributed by atoms with Gasteiger partial charge in [0.25, 0.3) is 5.91 Å². The Kier molecular flexibility index (Phi) is 5.17. The molecule has 7 heteroatoms. The van der Waals surface area contributed by atoms with Crippen LogP contribution in [0.5, 0.6) is 0 Å². The third-order valence-electron chi connectivity index (χ3n) is 4.99. The molecule has 0 atom stereocenters. The minimum Gasteiger partial charge on any atom is -0.438 e. The van der Waals surface area contributed by atoms with Gasteiger partial charge in [0.05, 0.1) is 11.4 Å². The van der Waals surface area contributed by atoms with Crippen LogP contribution in [0.4, 0.5) is 5.82 Å². The van der Waals surface area contributed by atoms with Crippen molar-refractivity contribution in [1.29, 1.82) is 5.41 Å². The Balaban J connectivity index is 1.57. The van der Waals surface area contributed by atoms with Gasteiger partial charge in [0.15, 0.2) is 0 Å². The molecule has 5 rings (SSSR count). The molecule has 0 saturated carbocycles. The van der Waals surface area contributed by atoms with Gasteiger partial charge < -0.3 is 9.73 Å². The van der Waals surface area contributed by atoms with E-state index in [2.05, 4.69) is 21.2 Å². The number of amides is 1. The lowest BCUT2D eigenvalue weighted by Gasteiger charge is -2.09. The highest BCUT2D eigenvalue weighted by molar-refractivity contribution is 9.10. The van der Waals surface area contributed by atoms with Gasteiger partial charge in [-0.2, -0.15) is 5.10 Å². The molecule has 3 aromatic carbocycles. The van der Waals surface area contributed by atoms with Crippen molar-refractivity contribution in [2.45, 2.75) is 0 Å². The van der Waals surface area contributed by atoms with Crippen molar-refractivity contribution < 1.29 is 9.21 Å². The lowest BCUT2D eigenvalue weighted by molar-refractivity contribution is 0.102. The van der Waals surface area contributed by atoms with Crippen molar-refractivity contribution in [3.63, 3.8) is 0 Å². The van der Waals surface area contributed by atoms with E-state index in [0.717, 1.165) is 26.8 Å². The number of hydrogen-bond donors (Lipinski definition) is 2. The van der Waals surface area contributed by atoms with Crippen LogP contribution in [0.3, 0.4) is 0 Å². The smallest absolute Gasteiger partial charge is 0.262 e. The lowest BCUT2D eigenvalue weighted by Crippen LogP contribution is -2.22. The summed E-state index contributed by atoms with van der Waals surface area (Å²) < 4.78 is 8.10. The highest BCUT2D eigenvalue weighted by Gasteiger charge is 2.17. The molecule has 156 valence electrons. The van der Waals surface area contributed by atoms with Crippen molar-refractivity contribution in [2.24, 2.45) is 0 Å². The maximum Gasteiger partial charge on any atom is 0.262 e. The van der Waals surface area contributed by atoms with Gasteiger partial charge in [0.2, 0.25) is 5.55 Å². The van der Waals surface area contributed by atoms with Crippen LogP contribution in [-0.2, 0) is 0 Å². The van der Waals surface area contributed by atoms with E-state index in [1.165, 1.54) is 0 Å². The molecule has 6 nitrogen and oxygen atoms in total. The Morgan fingerprint density at radius 3 is 2.41 bits per heavy atom. The number of aromatic nitrogens is 2. The Labute approximate surface area is 191 Å². The number of nitrogens with zero attached hydrogens (tertiary/aromatic N) is 2. The lowest BCUT2D eigenvalue weighted by atomic mass is 10.1. The van der Waals surface area contributed by atoms with E-state index in [9.17, 15) is 4.79 Å². The van der Waals surface area contributed by atoms with Crippen molar-refractivity contribution in [3.05, 3.63) is 107 Å². The number of hydrogen-bond acceptors (Lipinski definition) is 4. The molecule has 2 aromatic heterocycles. The average Bonchev–Trinajstić information content (AvgIpc) is 3.23. The fraction of sp³-hybridized carbons (Fsp3) is 0. The van der Waals surface area contributed by atoms with E-state index >= 15 is 0 Å². The van der Waals surface area contributed by atoms with Crippen LogP contribution in [0.1, 0.15) is 10.4 Å². The number of rotatable bonds is 4. The summed E-state index contributed by atoms with van der Waals surface area (Å²) in [7, 11) is 0. The van der Waals surface area contributed by atoms with Gasteiger partial charge >= 0.3 is 0 Å². The first-order valence-corrected chi connectivity index (χ1v) is 10.7. The quantitative estimate of drug-likeness (QED) is 0.339. The second-order valence-electron chi connectivity index (χ2n) is 7.15. The van der Waals surface area contributed by atoms with Gasteiger partial charge in [0, 0.05) is 21.5 Å². The predicted molar refractivity (Wildman–Crippen MR) is 127 cm³/mol. The van der Waals surface area contributed by atoms with E-state index < -0.39 is 5.91 Å². The van der Waals surface area contributed by atoms with Crippen LogP contribution in [-0.4, -0.2) is 15.7 Å². The van der Waals surface area contributed by atoms with Crippen LogP contribution in [0.2, 0.25) is 0 Å². The standard InChI is InChI=1S/C25H17BrN4O2/c26-18-11-12-22-17(13-18)14-20(24(27)32-22)25(31)28-23-15-21(16-7-3-1-4-8-16)29-30(23)19-9-5-2-6-10-19/h1-15,27H,(H,28,31). The summed E-state index contributed by atoms with van der Waals surface area (Å²) in [5, 5.41) is 16.5. The third kappa shape index (κ3) is 3.86. The maximum absolute atomic E-state index is 13.1. The molecule has 0 radical (unpaired) electrons. The van der Waals surface area contributed by atoms with Crippen LogP contribution < -0.4 is 10.9 Å². The predicted octanol–water partition coefficient (Wildman–Crippen LogP) is 5.78. The van der Waals surface area contributed by atoms with Gasteiger partial charge in [-0.05, 0) is 36.4 Å². The Bertz CT molecular complexity index is 1490. The van der Waals surface area contributed by atoms with Gasteiger partial charge in [-0.1, -0.05) is 64.5 Å². The summed E-state index contributed by atoms with van der Waals surface area (Å²) in [4.78, 5) is 13.1. The molecule has 5 aromatic rings. The Morgan fingerprint density at radius 1 is 0.938 bits per heavy atom. The molecule has 32 heavy (non-hydrogen) atoms. The van der Waals surface area contributed by atoms with Crippen molar-refractivity contribution in [3.8, 4) is 16.9 Å². The minimum absolute atomic E-state index is 0.137. The Morgan fingerprint density at radius 2 is 1.66 bits per heavy atom. The first-order valence-electron chi connectivity index (χ1n) is 9.89. The number of anilines is 1. The first-order chi connectivity index (χ1) is 15.6. The molecule has 2 N–H and O–H groups in total. The molecule has 0 bridgehead atoms. The van der Waals surface area contributed by atoms with Gasteiger partial charge in [0.1, 0.15) is 17.0 Å². The van der Waals surface area contributed by atoms with Crippen molar-refractivity contribution in [1.82, 2.24) is 9.78 Å². The molecule has 0 unspecified atom stereocenters. The Hall–Kier alpha value is -3.97. The highest BCUT2D eigenvalue weighted by atomic mass is 79.9. The minimum atomic E-state index is -0.447.